The van der Waals surface area contributed by atoms with Crippen molar-refractivity contribution < 1.29 is 5.11 Å². The fraction of sp³-hybridized carbons (Fsp3) is 0.100. The predicted molar refractivity (Wildman–Crippen MR) is 55.3 cm³/mol. The fourth-order valence-electron chi connectivity index (χ4n) is 1.19. The summed E-state index contributed by atoms with van der Waals surface area (Å²) >= 11 is 5.81. The molecule has 0 aliphatic carbocycles. The zero-order valence-electron chi connectivity index (χ0n) is 7.71. The monoisotopic (exact) mass is 221 g/mol. The maximum Gasteiger partial charge on any atom is 0.153 e. The van der Waals surface area contributed by atoms with Gasteiger partial charge in [-0.3, -0.25) is 9.97 Å². The van der Waals surface area contributed by atoms with Crippen molar-refractivity contribution in [3.05, 3.63) is 53.3 Å². The third kappa shape index (κ3) is 2.11. The Bertz CT molecular complexity index is 449. The van der Waals surface area contributed by atoms with E-state index in [4.69, 9.17) is 11.6 Å². The molecule has 1 atom stereocenters. The Hall–Kier alpha value is -1.52. The maximum atomic E-state index is 9.92. The van der Waals surface area contributed by atoms with Crippen LogP contribution in [0.2, 0.25) is 5.15 Å². The van der Waals surface area contributed by atoms with Crippen LogP contribution in [0, 0.1) is 0 Å². The van der Waals surface area contributed by atoms with Crippen molar-refractivity contribution in [1.82, 2.24) is 15.0 Å². The number of hydrogen-bond acceptors (Lipinski definition) is 4. The van der Waals surface area contributed by atoms with E-state index in [0.29, 0.717) is 11.4 Å². The lowest BCUT2D eigenvalue weighted by Gasteiger charge is -2.09. The molecule has 2 aromatic rings. The molecule has 2 rings (SSSR count). The van der Waals surface area contributed by atoms with Crippen molar-refractivity contribution >= 4 is 11.6 Å². The van der Waals surface area contributed by atoms with E-state index in [0.717, 1.165) is 0 Å². The number of halogens is 1. The number of pyridine rings is 1. The summed E-state index contributed by atoms with van der Waals surface area (Å²) in [5.41, 5.74) is 0.817. The summed E-state index contributed by atoms with van der Waals surface area (Å²) in [4.78, 5) is 11.8. The Kier molecular flexibility index (Phi) is 2.89. The van der Waals surface area contributed by atoms with Crippen molar-refractivity contribution in [3.63, 3.8) is 0 Å². The minimum absolute atomic E-state index is 0.190. The molecule has 0 bridgehead atoms. The van der Waals surface area contributed by atoms with Crippen LogP contribution in [0.4, 0.5) is 0 Å². The fourth-order valence-corrected chi connectivity index (χ4v) is 1.40. The molecular formula is C10H8ClN3O. The number of rotatable bonds is 2. The van der Waals surface area contributed by atoms with Crippen LogP contribution in [0.1, 0.15) is 17.5 Å². The van der Waals surface area contributed by atoms with Gasteiger partial charge in [-0.25, -0.2) is 4.98 Å². The first kappa shape index (κ1) is 10.0. The topological polar surface area (TPSA) is 58.9 Å². The van der Waals surface area contributed by atoms with E-state index >= 15 is 0 Å². The molecule has 0 aliphatic rings. The van der Waals surface area contributed by atoms with Gasteiger partial charge in [-0.1, -0.05) is 17.7 Å². The number of aliphatic hydroxyl groups is 1. The van der Waals surface area contributed by atoms with Gasteiger partial charge in [0.1, 0.15) is 11.8 Å². The first-order chi connectivity index (χ1) is 7.29. The molecule has 1 N–H and O–H groups in total. The van der Waals surface area contributed by atoms with Crippen molar-refractivity contribution in [3.8, 4) is 0 Å². The summed E-state index contributed by atoms with van der Waals surface area (Å²) in [5.74, 6) is 0. The van der Waals surface area contributed by atoms with Gasteiger partial charge in [0.2, 0.25) is 0 Å². The van der Waals surface area contributed by atoms with Crippen molar-refractivity contribution in [1.29, 1.82) is 0 Å². The zero-order valence-corrected chi connectivity index (χ0v) is 8.46. The van der Waals surface area contributed by atoms with Gasteiger partial charge in [0.05, 0.1) is 5.69 Å². The molecule has 0 saturated carbocycles. The molecule has 2 heterocycles. The Morgan fingerprint density at radius 3 is 2.53 bits per heavy atom. The van der Waals surface area contributed by atoms with Gasteiger partial charge in [-0.2, -0.15) is 0 Å². The summed E-state index contributed by atoms with van der Waals surface area (Å²) in [6.07, 6.45) is 3.61. The lowest BCUT2D eigenvalue weighted by molar-refractivity contribution is 0.210. The Morgan fingerprint density at radius 2 is 1.87 bits per heavy atom. The number of aromatic nitrogens is 3. The standard InChI is InChI=1S/C10H8ClN3O/c11-10-8(13-5-6-14-10)9(15)7-3-1-2-4-12-7/h1-6,9,15H. The summed E-state index contributed by atoms with van der Waals surface area (Å²) in [5, 5.41) is 10.1. The van der Waals surface area contributed by atoms with Gasteiger partial charge in [-0.15, -0.1) is 0 Å². The largest absolute Gasteiger partial charge is 0.380 e. The van der Waals surface area contributed by atoms with E-state index in [1.165, 1.54) is 12.4 Å². The highest BCUT2D eigenvalue weighted by Gasteiger charge is 2.16. The first-order valence-corrected chi connectivity index (χ1v) is 4.72. The van der Waals surface area contributed by atoms with Gasteiger partial charge < -0.3 is 5.11 Å². The minimum atomic E-state index is -0.938. The van der Waals surface area contributed by atoms with Crippen molar-refractivity contribution in [2.75, 3.05) is 0 Å². The molecule has 76 valence electrons. The predicted octanol–water partition coefficient (Wildman–Crippen LogP) is 1.61. The number of hydrogen-bond donors (Lipinski definition) is 1. The highest BCUT2D eigenvalue weighted by Crippen LogP contribution is 2.22. The molecule has 1 unspecified atom stereocenters. The molecule has 0 fully saturated rings. The third-order valence-electron chi connectivity index (χ3n) is 1.91. The second kappa shape index (κ2) is 4.33. The number of nitrogens with zero attached hydrogens (tertiary/aromatic N) is 3. The Balaban J connectivity index is 2.37. The van der Waals surface area contributed by atoms with E-state index in [1.54, 1.807) is 24.4 Å². The molecule has 5 heteroatoms. The van der Waals surface area contributed by atoms with Crippen LogP contribution in [0.5, 0.6) is 0 Å². The third-order valence-corrected chi connectivity index (χ3v) is 2.20. The van der Waals surface area contributed by atoms with Gasteiger partial charge in [-0.05, 0) is 12.1 Å². The SMILES string of the molecule is OC(c1ccccn1)c1nccnc1Cl. The minimum Gasteiger partial charge on any atom is -0.380 e. The average Bonchev–Trinajstić information content (AvgIpc) is 2.30. The summed E-state index contributed by atoms with van der Waals surface area (Å²) in [7, 11) is 0. The van der Waals surface area contributed by atoms with E-state index in [1.807, 2.05) is 0 Å². The van der Waals surface area contributed by atoms with Crippen LogP contribution in [0.3, 0.4) is 0 Å². The molecule has 0 amide bonds. The van der Waals surface area contributed by atoms with Gasteiger partial charge in [0.25, 0.3) is 0 Å². The highest BCUT2D eigenvalue weighted by molar-refractivity contribution is 6.30. The average molecular weight is 222 g/mol. The van der Waals surface area contributed by atoms with Crippen LogP contribution < -0.4 is 0 Å². The molecule has 2 aromatic heterocycles. The van der Waals surface area contributed by atoms with Crippen LogP contribution >= 0.6 is 11.6 Å². The Labute approximate surface area is 91.6 Å². The molecule has 0 aliphatic heterocycles. The molecule has 0 aromatic carbocycles. The van der Waals surface area contributed by atoms with Gasteiger partial charge >= 0.3 is 0 Å². The number of aliphatic hydroxyl groups excluding tert-OH is 1. The second-order valence-corrected chi connectivity index (χ2v) is 3.25. The van der Waals surface area contributed by atoms with Crippen molar-refractivity contribution in [2.24, 2.45) is 0 Å². The van der Waals surface area contributed by atoms with Crippen LogP contribution in [0.15, 0.2) is 36.8 Å². The maximum absolute atomic E-state index is 9.92. The molecule has 4 nitrogen and oxygen atoms in total. The summed E-state index contributed by atoms with van der Waals surface area (Å²) in [6, 6.07) is 5.26. The molecular weight excluding hydrogens is 214 g/mol. The lowest BCUT2D eigenvalue weighted by Crippen LogP contribution is -2.05. The smallest absolute Gasteiger partial charge is 0.153 e. The lowest BCUT2D eigenvalue weighted by atomic mass is 10.2. The normalized spacial score (nSPS) is 12.4. The second-order valence-electron chi connectivity index (χ2n) is 2.89. The van der Waals surface area contributed by atoms with Crippen LogP contribution in [0.25, 0.3) is 0 Å². The van der Waals surface area contributed by atoms with Gasteiger partial charge in [0.15, 0.2) is 5.15 Å². The first-order valence-electron chi connectivity index (χ1n) is 4.34. The van der Waals surface area contributed by atoms with E-state index in [-0.39, 0.29) is 5.15 Å². The summed E-state index contributed by atoms with van der Waals surface area (Å²) in [6.45, 7) is 0. The summed E-state index contributed by atoms with van der Waals surface area (Å²) < 4.78 is 0. The zero-order chi connectivity index (χ0) is 10.7. The molecule has 0 radical (unpaired) electrons. The quantitative estimate of drug-likeness (QED) is 0.837. The molecule has 15 heavy (non-hydrogen) atoms. The Morgan fingerprint density at radius 1 is 1.07 bits per heavy atom. The van der Waals surface area contributed by atoms with Crippen molar-refractivity contribution in [2.45, 2.75) is 6.10 Å². The van der Waals surface area contributed by atoms with E-state index in [2.05, 4.69) is 15.0 Å². The highest BCUT2D eigenvalue weighted by atomic mass is 35.5. The van der Waals surface area contributed by atoms with Crippen LogP contribution in [-0.2, 0) is 0 Å². The van der Waals surface area contributed by atoms with E-state index < -0.39 is 6.10 Å². The van der Waals surface area contributed by atoms with Crippen LogP contribution in [-0.4, -0.2) is 20.1 Å². The molecule has 0 spiro atoms. The van der Waals surface area contributed by atoms with Gasteiger partial charge in [0, 0.05) is 18.6 Å². The van der Waals surface area contributed by atoms with E-state index in [9.17, 15) is 5.11 Å². The molecule has 0 saturated heterocycles.